The van der Waals surface area contributed by atoms with Crippen molar-refractivity contribution in [2.75, 3.05) is 11.9 Å². The number of halogens is 3. The molecule has 0 unspecified atom stereocenters. The quantitative estimate of drug-likeness (QED) is 0.299. The van der Waals surface area contributed by atoms with Crippen LogP contribution < -0.4 is 10.6 Å². The third kappa shape index (κ3) is 5.64. The second kappa shape index (κ2) is 9.85. The van der Waals surface area contributed by atoms with Crippen molar-refractivity contribution in [3.8, 4) is 11.3 Å². The molecule has 0 spiro atoms. The van der Waals surface area contributed by atoms with Crippen LogP contribution in [0.4, 0.5) is 18.9 Å². The highest BCUT2D eigenvalue weighted by molar-refractivity contribution is 7.99. The van der Waals surface area contributed by atoms with E-state index in [1.807, 2.05) is 49.4 Å². The maximum absolute atomic E-state index is 12.8. The van der Waals surface area contributed by atoms with Crippen molar-refractivity contribution in [2.24, 2.45) is 0 Å². The molecule has 0 aliphatic heterocycles. The van der Waals surface area contributed by atoms with Crippen molar-refractivity contribution in [2.45, 2.75) is 48.3 Å². The van der Waals surface area contributed by atoms with Crippen LogP contribution >= 0.6 is 11.8 Å². The van der Waals surface area contributed by atoms with Crippen molar-refractivity contribution in [3.05, 3.63) is 71.9 Å². The molecule has 1 saturated carbocycles. The van der Waals surface area contributed by atoms with Crippen LogP contribution in [0.1, 0.15) is 35.2 Å². The molecule has 0 radical (unpaired) electrons. The number of alkyl halides is 3. The number of aromatic nitrogens is 3. The summed E-state index contributed by atoms with van der Waals surface area (Å²) >= 11 is 1.41. The van der Waals surface area contributed by atoms with E-state index in [0.717, 1.165) is 28.9 Å². The number of nitrogens with one attached hydrogen (secondary N) is 2. The first-order valence-corrected chi connectivity index (χ1v) is 12.4. The molecule has 1 fully saturated rings. The van der Waals surface area contributed by atoms with Gasteiger partial charge in [0, 0.05) is 28.6 Å². The van der Waals surface area contributed by atoms with Gasteiger partial charge in [-0.25, -0.2) is 9.50 Å². The molecule has 2 aromatic carbocycles. The maximum Gasteiger partial charge on any atom is 0.390 e. The van der Waals surface area contributed by atoms with E-state index in [-0.39, 0.29) is 18.5 Å². The number of imidazole rings is 1. The summed E-state index contributed by atoms with van der Waals surface area (Å²) < 4.78 is 39.9. The van der Waals surface area contributed by atoms with Gasteiger partial charge in [-0.2, -0.15) is 18.3 Å². The van der Waals surface area contributed by atoms with E-state index < -0.39 is 12.6 Å². The van der Waals surface area contributed by atoms with Gasteiger partial charge < -0.3 is 10.6 Å². The van der Waals surface area contributed by atoms with E-state index in [4.69, 9.17) is 5.10 Å². The number of nitrogens with zero attached hydrogens (tertiary/aromatic N) is 3. The van der Waals surface area contributed by atoms with E-state index in [0.29, 0.717) is 27.6 Å². The zero-order chi connectivity index (χ0) is 25.3. The molecule has 6 nitrogen and oxygen atoms in total. The Hall–Kier alpha value is -3.53. The van der Waals surface area contributed by atoms with Crippen molar-refractivity contribution in [1.82, 2.24) is 19.9 Å². The van der Waals surface area contributed by atoms with Crippen LogP contribution in [0.2, 0.25) is 0 Å². The van der Waals surface area contributed by atoms with Gasteiger partial charge in [0.1, 0.15) is 5.03 Å². The zero-order valence-corrected chi connectivity index (χ0v) is 20.3. The molecule has 4 aromatic rings. The number of hydrogen-bond donors (Lipinski definition) is 2. The Morgan fingerprint density at radius 2 is 1.92 bits per heavy atom. The molecule has 36 heavy (non-hydrogen) atoms. The minimum Gasteiger partial charge on any atom is -0.382 e. The highest BCUT2D eigenvalue weighted by Gasteiger charge is 2.27. The molecule has 0 saturated heterocycles. The van der Waals surface area contributed by atoms with Crippen LogP contribution in [0.25, 0.3) is 16.9 Å². The minimum absolute atomic E-state index is 0.0875. The largest absolute Gasteiger partial charge is 0.390 e. The molecule has 1 aliphatic rings. The number of anilines is 1. The first-order valence-electron chi connectivity index (χ1n) is 11.6. The highest BCUT2D eigenvalue weighted by Crippen LogP contribution is 2.32. The minimum atomic E-state index is -4.26. The Morgan fingerprint density at radius 3 is 2.61 bits per heavy atom. The van der Waals surface area contributed by atoms with Gasteiger partial charge in [0.2, 0.25) is 0 Å². The Morgan fingerprint density at radius 1 is 1.14 bits per heavy atom. The molecule has 2 heterocycles. The summed E-state index contributed by atoms with van der Waals surface area (Å²) in [4.78, 5) is 17.9. The van der Waals surface area contributed by atoms with Crippen LogP contribution in [0.15, 0.2) is 70.7 Å². The van der Waals surface area contributed by atoms with Crippen molar-refractivity contribution in [1.29, 1.82) is 0 Å². The van der Waals surface area contributed by atoms with E-state index in [1.165, 1.54) is 11.8 Å². The fraction of sp³-hybridized carbons (Fsp3) is 0.269. The molecule has 2 N–H and O–H groups in total. The molecule has 10 heteroatoms. The number of aryl methyl sites for hydroxylation is 1. The third-order valence-electron chi connectivity index (χ3n) is 5.81. The van der Waals surface area contributed by atoms with Gasteiger partial charge in [-0.05, 0) is 55.7 Å². The number of rotatable bonds is 8. The average molecular weight is 512 g/mol. The lowest BCUT2D eigenvalue weighted by Gasteiger charge is -2.12. The van der Waals surface area contributed by atoms with Gasteiger partial charge in [-0.3, -0.25) is 4.79 Å². The Kier molecular flexibility index (Phi) is 6.61. The van der Waals surface area contributed by atoms with Crippen molar-refractivity contribution < 1.29 is 18.0 Å². The number of fused-ring (bicyclic) bond motifs is 1. The normalized spacial score (nSPS) is 13.7. The zero-order valence-electron chi connectivity index (χ0n) is 19.5. The predicted molar refractivity (Wildman–Crippen MR) is 133 cm³/mol. The Labute approximate surface area is 210 Å². The molecule has 2 aromatic heterocycles. The molecule has 186 valence electrons. The first-order chi connectivity index (χ1) is 17.3. The summed E-state index contributed by atoms with van der Waals surface area (Å²) in [6.45, 7) is 1.60. The molecule has 5 rings (SSSR count). The van der Waals surface area contributed by atoms with Crippen LogP contribution in [0, 0.1) is 6.92 Å². The SMILES string of the molecule is Cc1cc(-c2cnc3c(NCCC(F)(F)F)cc(Sc4ccccc4)nn23)ccc1C(=O)NC1CC1. The summed E-state index contributed by atoms with van der Waals surface area (Å²) in [5.41, 5.74) is 3.81. The van der Waals surface area contributed by atoms with Crippen molar-refractivity contribution >= 4 is 29.0 Å². The van der Waals surface area contributed by atoms with Gasteiger partial charge in [0.25, 0.3) is 5.91 Å². The number of carbonyl (C=O) groups excluding carboxylic acids is 1. The van der Waals surface area contributed by atoms with Gasteiger partial charge in [-0.15, -0.1) is 0 Å². The van der Waals surface area contributed by atoms with E-state index >= 15 is 0 Å². The van der Waals surface area contributed by atoms with Crippen molar-refractivity contribution in [3.63, 3.8) is 0 Å². The third-order valence-corrected chi connectivity index (χ3v) is 6.73. The smallest absolute Gasteiger partial charge is 0.382 e. The maximum atomic E-state index is 12.8. The van der Waals surface area contributed by atoms with Gasteiger partial charge in [0.05, 0.1) is 24.0 Å². The van der Waals surface area contributed by atoms with Gasteiger partial charge in [0.15, 0.2) is 5.65 Å². The lowest BCUT2D eigenvalue weighted by Crippen LogP contribution is -2.26. The average Bonchev–Trinajstić information content (AvgIpc) is 3.54. The Balaban J connectivity index is 1.50. The molecular formula is C26H24F3N5OS. The number of carbonyl (C=O) groups is 1. The number of hydrogen-bond acceptors (Lipinski definition) is 5. The van der Waals surface area contributed by atoms with E-state index in [2.05, 4.69) is 15.6 Å². The molecule has 0 bridgehead atoms. The fourth-order valence-corrected chi connectivity index (χ4v) is 4.67. The van der Waals surface area contributed by atoms with Crippen LogP contribution in [-0.4, -0.2) is 39.3 Å². The molecular weight excluding hydrogens is 487 g/mol. The Bertz CT molecular complexity index is 1400. The standard InChI is InChI=1S/C26H24F3N5OS/c1-16-13-17(7-10-20(16)25(35)32-18-8-9-18)22-15-31-24-21(30-12-11-26(27,28)29)14-23(33-34(22)24)36-19-5-3-2-4-6-19/h2-7,10,13-15,18,30H,8-9,11-12H2,1H3,(H,32,35). The monoisotopic (exact) mass is 511 g/mol. The topological polar surface area (TPSA) is 71.3 Å². The lowest BCUT2D eigenvalue weighted by atomic mass is 10.0. The van der Waals surface area contributed by atoms with Gasteiger partial charge in [-0.1, -0.05) is 36.0 Å². The highest BCUT2D eigenvalue weighted by atomic mass is 32.2. The second-order valence-electron chi connectivity index (χ2n) is 8.76. The summed E-state index contributed by atoms with van der Waals surface area (Å²) in [6.07, 6.45) is -1.55. The fourth-order valence-electron chi connectivity index (χ4n) is 3.84. The lowest BCUT2D eigenvalue weighted by molar-refractivity contribution is -0.131. The number of amides is 1. The molecule has 0 atom stereocenters. The van der Waals surface area contributed by atoms with Crippen LogP contribution in [0.5, 0.6) is 0 Å². The number of benzene rings is 2. The van der Waals surface area contributed by atoms with E-state index in [1.54, 1.807) is 22.8 Å². The molecule has 1 amide bonds. The van der Waals surface area contributed by atoms with Crippen LogP contribution in [-0.2, 0) is 0 Å². The summed E-state index contributed by atoms with van der Waals surface area (Å²) in [5, 5.41) is 11.2. The van der Waals surface area contributed by atoms with Gasteiger partial charge >= 0.3 is 6.18 Å². The van der Waals surface area contributed by atoms with E-state index in [9.17, 15) is 18.0 Å². The summed E-state index contributed by atoms with van der Waals surface area (Å²) in [6, 6.07) is 17.1. The predicted octanol–water partition coefficient (Wildman–Crippen LogP) is 6.11. The molecule has 1 aliphatic carbocycles. The first kappa shape index (κ1) is 24.2. The van der Waals surface area contributed by atoms with Crippen LogP contribution in [0.3, 0.4) is 0 Å². The summed E-state index contributed by atoms with van der Waals surface area (Å²) in [5.74, 6) is -0.0875. The second-order valence-corrected chi connectivity index (χ2v) is 9.85. The summed E-state index contributed by atoms with van der Waals surface area (Å²) in [7, 11) is 0.